The van der Waals surface area contributed by atoms with Crippen LogP contribution < -0.4 is 11.1 Å². The van der Waals surface area contributed by atoms with Crippen molar-refractivity contribution < 1.29 is 9.59 Å². The standard InChI is InChI=1S/C15H19N3O2/c1-3-8-18(9-4-2)14(19)11-17-13-7-5-6-12(10-13)15(16)20/h3-7,10,17H,1-2,8-9,11H2,(H2,16,20). The van der Waals surface area contributed by atoms with E-state index in [4.69, 9.17) is 5.73 Å². The van der Waals surface area contributed by atoms with Gasteiger partial charge >= 0.3 is 0 Å². The van der Waals surface area contributed by atoms with E-state index in [1.807, 2.05) is 0 Å². The Bertz CT molecular complexity index is 502. The van der Waals surface area contributed by atoms with Crippen LogP contribution in [0, 0.1) is 0 Å². The lowest BCUT2D eigenvalue weighted by atomic mass is 10.2. The van der Waals surface area contributed by atoms with Gasteiger partial charge in [-0.1, -0.05) is 18.2 Å². The molecule has 3 N–H and O–H groups in total. The first-order chi connectivity index (χ1) is 9.58. The maximum atomic E-state index is 12.0. The lowest BCUT2D eigenvalue weighted by Crippen LogP contribution is -2.35. The quantitative estimate of drug-likeness (QED) is 0.703. The molecule has 0 unspecified atom stereocenters. The van der Waals surface area contributed by atoms with Gasteiger partial charge in [0.15, 0.2) is 0 Å². The fraction of sp³-hybridized carbons (Fsp3) is 0.200. The van der Waals surface area contributed by atoms with Gasteiger partial charge in [-0.15, -0.1) is 13.2 Å². The molecule has 1 rings (SSSR count). The Balaban J connectivity index is 2.63. The summed E-state index contributed by atoms with van der Waals surface area (Å²) in [5, 5.41) is 2.97. The Morgan fingerprint density at radius 3 is 2.45 bits per heavy atom. The van der Waals surface area contributed by atoms with Crippen LogP contribution in [0.15, 0.2) is 49.6 Å². The number of primary amides is 1. The van der Waals surface area contributed by atoms with Crippen LogP contribution in [0.1, 0.15) is 10.4 Å². The molecule has 20 heavy (non-hydrogen) atoms. The number of carbonyl (C=O) groups excluding carboxylic acids is 2. The number of rotatable bonds is 8. The van der Waals surface area contributed by atoms with E-state index in [9.17, 15) is 9.59 Å². The Morgan fingerprint density at radius 2 is 1.90 bits per heavy atom. The maximum absolute atomic E-state index is 12.0. The number of benzene rings is 1. The zero-order chi connectivity index (χ0) is 15.0. The second-order valence-corrected chi connectivity index (χ2v) is 4.17. The van der Waals surface area contributed by atoms with Crippen molar-refractivity contribution in [2.24, 2.45) is 5.73 Å². The summed E-state index contributed by atoms with van der Waals surface area (Å²) in [6.45, 7) is 8.29. The second kappa shape index (κ2) is 7.78. The van der Waals surface area contributed by atoms with E-state index in [0.29, 0.717) is 24.3 Å². The van der Waals surface area contributed by atoms with Gasteiger partial charge in [-0.05, 0) is 18.2 Å². The average molecular weight is 273 g/mol. The van der Waals surface area contributed by atoms with Crippen molar-refractivity contribution in [3.63, 3.8) is 0 Å². The Labute approximate surface area is 118 Å². The van der Waals surface area contributed by atoms with Crippen molar-refractivity contribution in [2.75, 3.05) is 25.0 Å². The molecule has 0 spiro atoms. The Hall–Kier alpha value is -2.56. The molecule has 1 aromatic carbocycles. The zero-order valence-corrected chi connectivity index (χ0v) is 11.3. The van der Waals surface area contributed by atoms with E-state index < -0.39 is 5.91 Å². The van der Waals surface area contributed by atoms with Crippen LogP contribution in [0.25, 0.3) is 0 Å². The van der Waals surface area contributed by atoms with Crippen LogP contribution >= 0.6 is 0 Å². The zero-order valence-electron chi connectivity index (χ0n) is 11.3. The molecule has 0 bridgehead atoms. The molecule has 0 saturated heterocycles. The monoisotopic (exact) mass is 273 g/mol. The number of anilines is 1. The molecule has 0 radical (unpaired) electrons. The van der Waals surface area contributed by atoms with Crippen molar-refractivity contribution in [3.05, 3.63) is 55.1 Å². The fourth-order valence-electron chi connectivity index (χ4n) is 1.66. The van der Waals surface area contributed by atoms with E-state index in [-0.39, 0.29) is 12.5 Å². The first-order valence-corrected chi connectivity index (χ1v) is 6.21. The third-order valence-electron chi connectivity index (χ3n) is 2.64. The van der Waals surface area contributed by atoms with Crippen LogP contribution in [0.2, 0.25) is 0 Å². The van der Waals surface area contributed by atoms with Gasteiger partial charge in [-0.3, -0.25) is 9.59 Å². The maximum Gasteiger partial charge on any atom is 0.248 e. The van der Waals surface area contributed by atoms with E-state index in [1.54, 1.807) is 41.3 Å². The van der Waals surface area contributed by atoms with Crippen LogP contribution in [-0.4, -0.2) is 36.3 Å². The minimum atomic E-state index is -0.500. The topological polar surface area (TPSA) is 75.4 Å². The van der Waals surface area contributed by atoms with Gasteiger partial charge in [0.1, 0.15) is 0 Å². The molecule has 2 amide bonds. The highest BCUT2D eigenvalue weighted by atomic mass is 16.2. The van der Waals surface area contributed by atoms with E-state index in [0.717, 1.165) is 0 Å². The predicted molar refractivity (Wildman–Crippen MR) is 80.4 cm³/mol. The van der Waals surface area contributed by atoms with Gasteiger partial charge in [0, 0.05) is 24.3 Å². The number of hydrogen-bond acceptors (Lipinski definition) is 3. The third-order valence-corrected chi connectivity index (χ3v) is 2.64. The van der Waals surface area contributed by atoms with Gasteiger partial charge in [0.2, 0.25) is 11.8 Å². The van der Waals surface area contributed by atoms with Crippen molar-refractivity contribution in [1.82, 2.24) is 4.90 Å². The third kappa shape index (κ3) is 4.61. The molecule has 0 aliphatic carbocycles. The summed E-state index contributed by atoms with van der Waals surface area (Å²) in [6.07, 6.45) is 3.32. The van der Waals surface area contributed by atoms with Crippen molar-refractivity contribution >= 4 is 17.5 Å². The number of carbonyl (C=O) groups is 2. The molecule has 5 nitrogen and oxygen atoms in total. The minimum Gasteiger partial charge on any atom is -0.376 e. The first-order valence-electron chi connectivity index (χ1n) is 6.21. The van der Waals surface area contributed by atoms with Crippen molar-refractivity contribution in [1.29, 1.82) is 0 Å². The SMILES string of the molecule is C=CCN(CC=C)C(=O)CNc1cccc(C(N)=O)c1. The number of nitrogens with one attached hydrogen (secondary N) is 1. The second-order valence-electron chi connectivity index (χ2n) is 4.17. The molecule has 0 aromatic heterocycles. The minimum absolute atomic E-state index is 0.0747. The number of hydrogen-bond donors (Lipinski definition) is 2. The molecule has 0 atom stereocenters. The summed E-state index contributed by atoms with van der Waals surface area (Å²) in [5.74, 6) is -0.575. The van der Waals surface area contributed by atoms with E-state index in [1.165, 1.54) is 0 Å². The number of nitrogens with two attached hydrogens (primary N) is 1. The molecule has 0 saturated carbocycles. The summed E-state index contributed by atoms with van der Waals surface area (Å²) < 4.78 is 0. The normalized spacial score (nSPS) is 9.60. The highest BCUT2D eigenvalue weighted by molar-refractivity contribution is 5.93. The molecular formula is C15H19N3O2. The van der Waals surface area contributed by atoms with Crippen molar-refractivity contribution in [3.8, 4) is 0 Å². The summed E-state index contributed by atoms with van der Waals surface area (Å²) in [6, 6.07) is 6.71. The van der Waals surface area contributed by atoms with E-state index in [2.05, 4.69) is 18.5 Å². The molecule has 106 valence electrons. The smallest absolute Gasteiger partial charge is 0.248 e. The highest BCUT2D eigenvalue weighted by Crippen LogP contribution is 2.10. The number of nitrogens with zero attached hydrogens (tertiary/aromatic N) is 1. The predicted octanol–water partition coefficient (Wildman–Crippen LogP) is 1.40. The van der Waals surface area contributed by atoms with Gasteiger partial charge in [-0.25, -0.2) is 0 Å². The van der Waals surface area contributed by atoms with Gasteiger partial charge in [-0.2, -0.15) is 0 Å². The molecular weight excluding hydrogens is 254 g/mol. The lowest BCUT2D eigenvalue weighted by molar-refractivity contribution is -0.128. The van der Waals surface area contributed by atoms with Gasteiger partial charge in [0.25, 0.3) is 0 Å². The van der Waals surface area contributed by atoms with Crippen LogP contribution in [-0.2, 0) is 4.79 Å². The van der Waals surface area contributed by atoms with Gasteiger partial charge in [0.05, 0.1) is 6.54 Å². The summed E-state index contributed by atoms with van der Waals surface area (Å²) in [4.78, 5) is 24.7. The van der Waals surface area contributed by atoms with Crippen molar-refractivity contribution in [2.45, 2.75) is 0 Å². The Kier molecular flexibility index (Phi) is 6.03. The fourth-order valence-corrected chi connectivity index (χ4v) is 1.66. The molecule has 0 aliphatic rings. The Morgan fingerprint density at radius 1 is 1.25 bits per heavy atom. The molecule has 1 aromatic rings. The lowest BCUT2D eigenvalue weighted by Gasteiger charge is -2.19. The van der Waals surface area contributed by atoms with Crippen LogP contribution in [0.5, 0.6) is 0 Å². The summed E-state index contributed by atoms with van der Waals surface area (Å²) in [7, 11) is 0. The average Bonchev–Trinajstić information content (AvgIpc) is 2.45. The molecule has 0 fully saturated rings. The largest absolute Gasteiger partial charge is 0.376 e. The highest BCUT2D eigenvalue weighted by Gasteiger charge is 2.10. The van der Waals surface area contributed by atoms with Crippen LogP contribution in [0.3, 0.4) is 0 Å². The summed E-state index contributed by atoms with van der Waals surface area (Å²) >= 11 is 0. The molecule has 0 heterocycles. The molecule has 0 aliphatic heterocycles. The first kappa shape index (κ1) is 15.5. The summed E-state index contributed by atoms with van der Waals surface area (Å²) in [5.41, 5.74) is 6.27. The molecule has 5 heteroatoms. The van der Waals surface area contributed by atoms with E-state index >= 15 is 0 Å². The number of amides is 2. The van der Waals surface area contributed by atoms with Gasteiger partial charge < -0.3 is 16.0 Å². The van der Waals surface area contributed by atoms with Crippen LogP contribution in [0.4, 0.5) is 5.69 Å².